The van der Waals surface area contributed by atoms with Gasteiger partial charge in [-0.2, -0.15) is 0 Å². The number of carbonyl (C=O) groups is 1. The van der Waals surface area contributed by atoms with E-state index in [0.717, 1.165) is 39.3 Å². The highest BCUT2D eigenvalue weighted by Crippen LogP contribution is 2.38. The first-order chi connectivity index (χ1) is 10.5. The second-order valence-electron chi connectivity index (χ2n) is 8.31. The van der Waals surface area contributed by atoms with Gasteiger partial charge in [-0.15, -0.1) is 0 Å². The molecule has 2 N–H and O–H groups in total. The molecule has 0 aromatic heterocycles. The lowest BCUT2D eigenvalue weighted by atomic mass is 9.98. The van der Waals surface area contributed by atoms with Gasteiger partial charge in [0.25, 0.3) is 0 Å². The highest BCUT2D eigenvalue weighted by Gasteiger charge is 2.40. The number of morpholine rings is 1. The first kappa shape index (κ1) is 20.6. The van der Waals surface area contributed by atoms with Crippen molar-refractivity contribution in [3.05, 3.63) is 0 Å². The van der Waals surface area contributed by atoms with Gasteiger partial charge in [-0.1, -0.05) is 27.7 Å². The Morgan fingerprint density at radius 3 is 2.35 bits per heavy atom. The van der Waals surface area contributed by atoms with Gasteiger partial charge in [0, 0.05) is 13.1 Å². The molecule has 1 rings (SSSR count). The molecule has 6 heteroatoms. The first-order valence-electron chi connectivity index (χ1n) is 8.79. The average molecular weight is 345 g/mol. The Morgan fingerprint density at radius 1 is 1.30 bits per heavy atom. The summed E-state index contributed by atoms with van der Waals surface area (Å²) in [5.41, 5.74) is 5.47. The molecule has 0 spiro atoms. The zero-order chi connectivity index (χ0) is 17.7. The van der Waals surface area contributed by atoms with E-state index < -0.39 is 8.32 Å². The van der Waals surface area contributed by atoms with Gasteiger partial charge < -0.3 is 14.9 Å². The lowest BCUT2D eigenvalue weighted by Crippen LogP contribution is -2.47. The minimum Gasteiger partial charge on any atom is -0.413 e. The maximum atomic E-state index is 11.5. The van der Waals surface area contributed by atoms with Crippen LogP contribution in [0.3, 0.4) is 0 Å². The SMILES string of the molecule is C[C@H](CCN1CCOCC1)[C@H](CC(N)=O)O[Si](C)(C)C(C)(C)C. The van der Waals surface area contributed by atoms with Crippen LogP contribution in [-0.2, 0) is 14.0 Å². The van der Waals surface area contributed by atoms with Gasteiger partial charge in [-0.05, 0) is 37.0 Å². The number of ether oxygens (including phenoxy) is 1. The smallest absolute Gasteiger partial charge is 0.219 e. The van der Waals surface area contributed by atoms with Gasteiger partial charge in [-0.3, -0.25) is 9.69 Å². The summed E-state index contributed by atoms with van der Waals surface area (Å²) in [6, 6.07) is 0. The molecule has 0 aromatic carbocycles. The molecule has 1 saturated heterocycles. The molecule has 23 heavy (non-hydrogen) atoms. The van der Waals surface area contributed by atoms with Crippen molar-refractivity contribution in [1.82, 2.24) is 4.90 Å². The summed E-state index contributed by atoms with van der Waals surface area (Å²) in [5, 5.41) is 0.132. The molecular formula is C17H36N2O3Si. The van der Waals surface area contributed by atoms with Crippen LogP contribution >= 0.6 is 0 Å². The largest absolute Gasteiger partial charge is 0.413 e. The number of primary amides is 1. The Labute approximate surface area is 143 Å². The van der Waals surface area contributed by atoms with Crippen LogP contribution in [0.1, 0.15) is 40.5 Å². The third-order valence-corrected chi connectivity index (χ3v) is 9.80. The second-order valence-corrected chi connectivity index (χ2v) is 13.1. The van der Waals surface area contributed by atoms with Gasteiger partial charge in [0.1, 0.15) is 0 Å². The highest BCUT2D eigenvalue weighted by molar-refractivity contribution is 6.74. The summed E-state index contributed by atoms with van der Waals surface area (Å²) in [7, 11) is -1.91. The third kappa shape index (κ3) is 6.91. The van der Waals surface area contributed by atoms with E-state index in [0.29, 0.717) is 12.3 Å². The monoisotopic (exact) mass is 344 g/mol. The lowest BCUT2D eigenvalue weighted by Gasteiger charge is -2.41. The van der Waals surface area contributed by atoms with Crippen molar-refractivity contribution in [3.8, 4) is 0 Å². The number of hydrogen-bond acceptors (Lipinski definition) is 4. The Hall–Kier alpha value is -0.433. The normalized spacial score (nSPS) is 20.3. The Morgan fingerprint density at radius 2 is 1.87 bits per heavy atom. The molecule has 5 nitrogen and oxygen atoms in total. The van der Waals surface area contributed by atoms with E-state index in [1.807, 2.05) is 0 Å². The fourth-order valence-corrected chi connectivity index (χ4v) is 3.94. The van der Waals surface area contributed by atoms with E-state index in [1.54, 1.807) is 0 Å². The number of nitrogens with zero attached hydrogens (tertiary/aromatic N) is 1. The molecular weight excluding hydrogens is 308 g/mol. The molecule has 0 aromatic rings. The summed E-state index contributed by atoms with van der Waals surface area (Å²) < 4.78 is 11.9. The lowest BCUT2D eigenvalue weighted by molar-refractivity contribution is -0.120. The quantitative estimate of drug-likeness (QED) is 0.688. The van der Waals surface area contributed by atoms with E-state index in [4.69, 9.17) is 14.9 Å². The van der Waals surface area contributed by atoms with Crippen LogP contribution in [0.2, 0.25) is 18.1 Å². The van der Waals surface area contributed by atoms with E-state index >= 15 is 0 Å². The zero-order valence-corrected chi connectivity index (χ0v) is 16.9. The third-order valence-electron chi connectivity index (χ3n) is 5.29. The molecule has 0 unspecified atom stereocenters. The molecule has 1 amide bonds. The molecule has 0 radical (unpaired) electrons. The molecule has 0 aliphatic carbocycles. The van der Waals surface area contributed by atoms with Crippen molar-refractivity contribution in [2.75, 3.05) is 32.8 Å². The summed E-state index contributed by atoms with van der Waals surface area (Å²) >= 11 is 0. The van der Waals surface area contributed by atoms with Crippen molar-refractivity contribution in [1.29, 1.82) is 0 Å². The zero-order valence-electron chi connectivity index (χ0n) is 15.9. The maximum absolute atomic E-state index is 11.5. The average Bonchev–Trinajstić information content (AvgIpc) is 2.43. The van der Waals surface area contributed by atoms with Gasteiger partial charge in [0.2, 0.25) is 5.91 Å². The predicted octanol–water partition coefficient (Wildman–Crippen LogP) is 2.61. The van der Waals surface area contributed by atoms with E-state index in [2.05, 4.69) is 45.7 Å². The van der Waals surface area contributed by atoms with E-state index in [1.165, 1.54) is 0 Å². The van der Waals surface area contributed by atoms with Crippen LogP contribution in [0, 0.1) is 5.92 Å². The Balaban J connectivity index is 2.62. The van der Waals surface area contributed by atoms with Gasteiger partial charge in [0.05, 0.1) is 25.7 Å². The van der Waals surface area contributed by atoms with Crippen molar-refractivity contribution in [2.45, 2.75) is 64.8 Å². The molecule has 136 valence electrons. The van der Waals surface area contributed by atoms with Crippen molar-refractivity contribution < 1.29 is 14.0 Å². The number of rotatable bonds is 8. The summed E-state index contributed by atoms with van der Waals surface area (Å²) in [6.07, 6.45) is 1.26. The molecule has 0 bridgehead atoms. The van der Waals surface area contributed by atoms with Crippen molar-refractivity contribution in [2.24, 2.45) is 11.7 Å². The number of hydrogen-bond donors (Lipinski definition) is 1. The second kappa shape index (κ2) is 8.60. The van der Waals surface area contributed by atoms with Gasteiger partial charge in [0.15, 0.2) is 8.32 Å². The van der Waals surface area contributed by atoms with E-state index in [-0.39, 0.29) is 17.0 Å². The fraction of sp³-hybridized carbons (Fsp3) is 0.941. The molecule has 0 saturated carbocycles. The van der Waals surface area contributed by atoms with Crippen LogP contribution in [0.25, 0.3) is 0 Å². The standard InChI is InChI=1S/C17H36N2O3Si/c1-14(7-8-19-9-11-21-12-10-19)15(13-16(18)20)22-23(5,6)17(2,3)4/h14-15H,7-13H2,1-6H3,(H2,18,20)/t14-,15+/m1/s1. The van der Waals surface area contributed by atoms with Crippen LogP contribution in [-0.4, -0.2) is 58.1 Å². The molecule has 1 fully saturated rings. The topological polar surface area (TPSA) is 64.8 Å². The van der Waals surface area contributed by atoms with Crippen LogP contribution < -0.4 is 5.73 Å². The molecule has 1 heterocycles. The van der Waals surface area contributed by atoms with Crippen LogP contribution in [0.4, 0.5) is 0 Å². The van der Waals surface area contributed by atoms with Gasteiger partial charge >= 0.3 is 0 Å². The van der Waals surface area contributed by atoms with Gasteiger partial charge in [-0.25, -0.2) is 0 Å². The Bertz CT molecular complexity index is 377. The highest BCUT2D eigenvalue weighted by atomic mass is 28.4. The summed E-state index contributed by atoms with van der Waals surface area (Å²) in [4.78, 5) is 13.9. The molecule has 1 aliphatic rings. The number of amides is 1. The minimum atomic E-state index is -1.91. The van der Waals surface area contributed by atoms with Crippen LogP contribution in [0.15, 0.2) is 0 Å². The summed E-state index contributed by atoms with van der Waals surface area (Å²) in [6.45, 7) is 18.0. The van der Waals surface area contributed by atoms with E-state index in [9.17, 15) is 4.79 Å². The predicted molar refractivity (Wildman–Crippen MR) is 96.9 cm³/mol. The molecule has 1 aliphatic heterocycles. The Kier molecular flexibility index (Phi) is 7.71. The van der Waals surface area contributed by atoms with Crippen LogP contribution in [0.5, 0.6) is 0 Å². The number of nitrogens with two attached hydrogens (primary N) is 1. The minimum absolute atomic E-state index is 0.0746. The first-order valence-corrected chi connectivity index (χ1v) is 11.7. The fourth-order valence-electron chi connectivity index (χ4n) is 2.51. The van der Waals surface area contributed by atoms with Crippen molar-refractivity contribution >= 4 is 14.2 Å². The maximum Gasteiger partial charge on any atom is 0.219 e. The van der Waals surface area contributed by atoms with Crippen molar-refractivity contribution in [3.63, 3.8) is 0 Å². The number of carbonyl (C=O) groups excluding carboxylic acids is 1. The summed E-state index contributed by atoms with van der Waals surface area (Å²) in [5.74, 6) is 0.0476. The molecule has 2 atom stereocenters.